The maximum absolute atomic E-state index is 11.7. The molecule has 0 spiro atoms. The van der Waals surface area contributed by atoms with Gasteiger partial charge in [0, 0.05) is 0 Å². The van der Waals surface area contributed by atoms with Crippen molar-refractivity contribution in [1.82, 2.24) is 0 Å². The van der Waals surface area contributed by atoms with Gasteiger partial charge in [0.15, 0.2) is 0 Å². The van der Waals surface area contributed by atoms with E-state index in [1.54, 1.807) is 13.8 Å². The van der Waals surface area contributed by atoms with Crippen LogP contribution in [0, 0.1) is 5.92 Å². The predicted molar refractivity (Wildman–Crippen MR) is 69.1 cm³/mol. The number of hydrogen-bond acceptors (Lipinski definition) is 5. The number of esters is 2. The number of aliphatic carboxylic acids is 1. The zero-order chi connectivity index (χ0) is 15.0. The van der Waals surface area contributed by atoms with Crippen LogP contribution in [0.3, 0.4) is 0 Å². The summed E-state index contributed by atoms with van der Waals surface area (Å²) in [6.07, 6.45) is 3.01. The lowest BCUT2D eigenvalue weighted by Crippen LogP contribution is -2.35. The minimum Gasteiger partial charge on any atom is -0.480 e. The SMILES string of the molecule is C=CC(=CC)C(=O)OC(=O)C(CC)C[C@@H](N)C(=O)O. The van der Waals surface area contributed by atoms with Crippen molar-refractivity contribution in [3.05, 3.63) is 24.3 Å². The van der Waals surface area contributed by atoms with Gasteiger partial charge < -0.3 is 15.6 Å². The van der Waals surface area contributed by atoms with E-state index in [2.05, 4.69) is 11.3 Å². The number of nitrogens with two attached hydrogens (primary N) is 1. The molecular weight excluding hydrogens is 250 g/mol. The fourth-order valence-corrected chi connectivity index (χ4v) is 1.39. The number of hydrogen-bond donors (Lipinski definition) is 2. The molecule has 0 saturated heterocycles. The summed E-state index contributed by atoms with van der Waals surface area (Å²) in [7, 11) is 0. The van der Waals surface area contributed by atoms with E-state index in [-0.39, 0.29) is 12.0 Å². The largest absolute Gasteiger partial charge is 0.480 e. The van der Waals surface area contributed by atoms with E-state index in [1.165, 1.54) is 12.2 Å². The molecule has 0 radical (unpaired) electrons. The summed E-state index contributed by atoms with van der Waals surface area (Å²) in [6.45, 7) is 6.72. The van der Waals surface area contributed by atoms with Gasteiger partial charge >= 0.3 is 17.9 Å². The highest BCUT2D eigenvalue weighted by atomic mass is 16.6. The molecule has 0 amide bonds. The molecule has 0 aliphatic rings. The number of rotatable bonds is 7. The fraction of sp³-hybridized carbons (Fsp3) is 0.462. The minimum absolute atomic E-state index is 0.0722. The molecule has 0 aliphatic heterocycles. The number of ether oxygens (including phenoxy) is 1. The summed E-state index contributed by atoms with van der Waals surface area (Å²) >= 11 is 0. The van der Waals surface area contributed by atoms with E-state index >= 15 is 0 Å². The highest BCUT2D eigenvalue weighted by Crippen LogP contribution is 2.14. The van der Waals surface area contributed by atoms with Crippen LogP contribution in [0.2, 0.25) is 0 Å². The van der Waals surface area contributed by atoms with Crippen LogP contribution in [0.5, 0.6) is 0 Å². The van der Waals surface area contributed by atoms with Gasteiger partial charge in [0.1, 0.15) is 6.04 Å². The highest BCUT2D eigenvalue weighted by molar-refractivity contribution is 5.98. The molecule has 0 bridgehead atoms. The second-order valence-corrected chi connectivity index (χ2v) is 3.94. The van der Waals surface area contributed by atoms with Crippen molar-refractivity contribution in [2.75, 3.05) is 0 Å². The van der Waals surface area contributed by atoms with Gasteiger partial charge in [0.05, 0.1) is 11.5 Å². The zero-order valence-corrected chi connectivity index (χ0v) is 11.1. The standard InChI is InChI=1S/C13H19NO5/c1-4-8(5-2)12(17)19-13(18)9(6-3)7-10(14)11(15)16/h4-5,9-10H,1,6-7,14H2,2-3H3,(H,15,16)/t9?,10-/m1/s1. The number of carbonyl (C=O) groups excluding carboxylic acids is 2. The lowest BCUT2D eigenvalue weighted by atomic mass is 9.98. The quantitative estimate of drug-likeness (QED) is 0.309. The van der Waals surface area contributed by atoms with Crippen LogP contribution >= 0.6 is 0 Å². The van der Waals surface area contributed by atoms with Crippen molar-refractivity contribution < 1.29 is 24.2 Å². The Morgan fingerprint density at radius 3 is 2.37 bits per heavy atom. The molecule has 0 aromatic rings. The molecule has 0 heterocycles. The van der Waals surface area contributed by atoms with Gasteiger partial charge in [-0.1, -0.05) is 25.7 Å². The highest BCUT2D eigenvalue weighted by Gasteiger charge is 2.26. The summed E-state index contributed by atoms with van der Waals surface area (Å²) < 4.78 is 4.66. The van der Waals surface area contributed by atoms with Crippen LogP contribution in [-0.4, -0.2) is 29.1 Å². The number of carboxylic acids is 1. The summed E-state index contributed by atoms with van der Waals surface area (Å²) in [6, 6.07) is -1.16. The van der Waals surface area contributed by atoms with Crippen molar-refractivity contribution >= 4 is 17.9 Å². The molecule has 0 rings (SSSR count). The van der Waals surface area contributed by atoms with E-state index < -0.39 is 29.9 Å². The molecule has 6 heteroatoms. The molecule has 3 N–H and O–H groups in total. The number of carboxylic acid groups (broad SMARTS) is 1. The maximum atomic E-state index is 11.7. The van der Waals surface area contributed by atoms with Crippen molar-refractivity contribution in [1.29, 1.82) is 0 Å². The smallest absolute Gasteiger partial charge is 0.345 e. The second-order valence-electron chi connectivity index (χ2n) is 3.94. The van der Waals surface area contributed by atoms with E-state index in [4.69, 9.17) is 10.8 Å². The molecule has 0 saturated carbocycles. The molecule has 0 aliphatic carbocycles. The third kappa shape index (κ3) is 5.48. The lowest BCUT2D eigenvalue weighted by molar-refractivity contribution is -0.160. The van der Waals surface area contributed by atoms with Gasteiger partial charge in [-0.3, -0.25) is 9.59 Å². The molecule has 2 atom stereocenters. The predicted octanol–water partition coefficient (Wildman–Crippen LogP) is 1.02. The fourth-order valence-electron chi connectivity index (χ4n) is 1.39. The lowest BCUT2D eigenvalue weighted by Gasteiger charge is -2.15. The summed E-state index contributed by atoms with van der Waals surface area (Å²) in [5.74, 6) is -3.49. The van der Waals surface area contributed by atoms with Crippen LogP contribution in [-0.2, 0) is 19.1 Å². The molecular formula is C13H19NO5. The molecule has 0 fully saturated rings. The van der Waals surface area contributed by atoms with Crippen molar-refractivity contribution in [2.45, 2.75) is 32.7 Å². The molecule has 106 valence electrons. The Labute approximate surface area is 111 Å². The van der Waals surface area contributed by atoms with E-state index in [0.717, 1.165) is 0 Å². The zero-order valence-electron chi connectivity index (χ0n) is 11.1. The number of allylic oxidation sites excluding steroid dienone is 1. The first kappa shape index (κ1) is 17.1. The average Bonchev–Trinajstić information content (AvgIpc) is 2.36. The summed E-state index contributed by atoms with van der Waals surface area (Å²) in [5.41, 5.74) is 5.53. The first-order valence-electron chi connectivity index (χ1n) is 5.90. The van der Waals surface area contributed by atoms with Crippen molar-refractivity contribution in [3.63, 3.8) is 0 Å². The van der Waals surface area contributed by atoms with Crippen LogP contribution < -0.4 is 5.73 Å². The van der Waals surface area contributed by atoms with Crippen LogP contribution in [0.4, 0.5) is 0 Å². The van der Waals surface area contributed by atoms with Gasteiger partial charge in [-0.2, -0.15) is 0 Å². The normalized spacial score (nSPS) is 14.4. The van der Waals surface area contributed by atoms with Crippen LogP contribution in [0.1, 0.15) is 26.7 Å². The molecule has 1 unspecified atom stereocenters. The Morgan fingerprint density at radius 2 is 2.00 bits per heavy atom. The molecule has 0 aromatic carbocycles. The molecule has 19 heavy (non-hydrogen) atoms. The monoisotopic (exact) mass is 269 g/mol. The summed E-state index contributed by atoms with van der Waals surface area (Å²) in [5, 5.41) is 8.69. The topological polar surface area (TPSA) is 107 Å². The second kappa shape index (κ2) is 8.20. The van der Waals surface area contributed by atoms with Crippen molar-refractivity contribution in [3.8, 4) is 0 Å². The van der Waals surface area contributed by atoms with Gasteiger partial charge in [0.25, 0.3) is 0 Å². The number of carbonyl (C=O) groups is 3. The maximum Gasteiger partial charge on any atom is 0.345 e. The first-order valence-corrected chi connectivity index (χ1v) is 5.90. The Balaban J connectivity index is 4.65. The molecule has 6 nitrogen and oxygen atoms in total. The van der Waals surface area contributed by atoms with Crippen LogP contribution in [0.25, 0.3) is 0 Å². The first-order chi connectivity index (χ1) is 8.87. The van der Waals surface area contributed by atoms with E-state index in [1.807, 2.05) is 0 Å². The third-order valence-corrected chi connectivity index (χ3v) is 2.64. The van der Waals surface area contributed by atoms with Crippen molar-refractivity contribution in [2.24, 2.45) is 11.7 Å². The Hall–Kier alpha value is -1.95. The van der Waals surface area contributed by atoms with Crippen LogP contribution in [0.15, 0.2) is 24.3 Å². The Kier molecular flexibility index (Phi) is 7.36. The van der Waals surface area contributed by atoms with E-state index in [0.29, 0.717) is 6.42 Å². The van der Waals surface area contributed by atoms with Gasteiger partial charge in [0.2, 0.25) is 0 Å². The van der Waals surface area contributed by atoms with Gasteiger partial charge in [-0.15, -0.1) is 0 Å². The summed E-state index contributed by atoms with van der Waals surface area (Å²) in [4.78, 5) is 33.9. The Morgan fingerprint density at radius 1 is 1.42 bits per heavy atom. The van der Waals surface area contributed by atoms with E-state index in [9.17, 15) is 14.4 Å². The van der Waals surface area contributed by atoms with Gasteiger partial charge in [-0.05, 0) is 19.8 Å². The Bertz CT molecular complexity index is 400. The third-order valence-electron chi connectivity index (χ3n) is 2.64. The minimum atomic E-state index is -1.20. The molecule has 0 aromatic heterocycles. The average molecular weight is 269 g/mol. The van der Waals surface area contributed by atoms with Gasteiger partial charge in [-0.25, -0.2) is 4.79 Å².